The summed E-state index contributed by atoms with van der Waals surface area (Å²) in [5.41, 5.74) is 8.58. The number of rotatable bonds is 6. The average Bonchev–Trinajstić information content (AvgIpc) is 2.95. The first-order chi connectivity index (χ1) is 12.9. The zero-order chi connectivity index (χ0) is 19.4. The van der Waals surface area contributed by atoms with Crippen molar-refractivity contribution in [3.05, 3.63) is 64.2 Å². The van der Waals surface area contributed by atoms with Crippen molar-refractivity contribution in [3.8, 4) is 0 Å². The highest BCUT2D eigenvalue weighted by molar-refractivity contribution is 8.15. The maximum Gasteiger partial charge on any atom is 0.286 e. The lowest BCUT2D eigenvalue weighted by Gasteiger charge is -2.09. The summed E-state index contributed by atoms with van der Waals surface area (Å²) in [5.74, 6) is -0.502. The molecule has 27 heavy (non-hydrogen) atoms. The van der Waals surface area contributed by atoms with Gasteiger partial charge in [-0.05, 0) is 42.2 Å². The predicted molar refractivity (Wildman–Crippen MR) is 107 cm³/mol. The molecule has 0 bridgehead atoms. The molecule has 1 fully saturated rings. The first-order valence-electron chi connectivity index (χ1n) is 8.35. The van der Waals surface area contributed by atoms with E-state index in [0.29, 0.717) is 35.7 Å². The number of anilines is 1. The number of amides is 3. The lowest BCUT2D eigenvalue weighted by molar-refractivity contribution is -0.118. The third-order valence-electron chi connectivity index (χ3n) is 4.17. The fraction of sp³-hybridized carbons (Fsp3) is 0.211. The van der Waals surface area contributed by atoms with Gasteiger partial charge in [0.2, 0.25) is 5.91 Å². The van der Waals surface area contributed by atoms with E-state index in [0.717, 1.165) is 22.9 Å². The number of hydrogen-bond acceptors (Lipinski definition) is 5. The summed E-state index contributed by atoms with van der Waals surface area (Å²) in [6.07, 6.45) is 1.16. The van der Waals surface area contributed by atoms with Crippen LogP contribution in [0.5, 0.6) is 0 Å². The summed E-state index contributed by atoms with van der Waals surface area (Å²) in [4.78, 5) is 35.0. The van der Waals surface area contributed by atoms with Crippen molar-refractivity contribution in [2.24, 2.45) is 0 Å². The van der Waals surface area contributed by atoms with Gasteiger partial charge in [-0.1, -0.05) is 47.6 Å². The standard InChI is InChI=1S/C19H18ClN3O3S/c20-13-5-6-15(21)14(10-13)17(24)22-8-7-11-1-3-12(4-2-11)9-16-18(25)23-19(26)27-16/h1-6,10,16H,7-9,21H2,(H,22,24)(H,23,25,26)/t16-/m1/s1. The van der Waals surface area contributed by atoms with E-state index in [1.807, 2.05) is 24.3 Å². The van der Waals surface area contributed by atoms with E-state index in [1.165, 1.54) is 0 Å². The quantitative estimate of drug-likeness (QED) is 0.644. The highest BCUT2D eigenvalue weighted by Crippen LogP contribution is 2.23. The Balaban J connectivity index is 1.50. The van der Waals surface area contributed by atoms with E-state index in [9.17, 15) is 14.4 Å². The van der Waals surface area contributed by atoms with Crippen LogP contribution in [-0.4, -0.2) is 28.8 Å². The smallest absolute Gasteiger partial charge is 0.286 e. The van der Waals surface area contributed by atoms with E-state index in [1.54, 1.807) is 18.2 Å². The lowest BCUT2D eigenvalue weighted by Crippen LogP contribution is -2.26. The normalized spacial score (nSPS) is 16.3. The number of carbonyl (C=O) groups excluding carboxylic acids is 3. The number of imide groups is 1. The van der Waals surface area contributed by atoms with Crippen LogP contribution in [0.25, 0.3) is 0 Å². The highest BCUT2D eigenvalue weighted by atomic mass is 35.5. The summed E-state index contributed by atoms with van der Waals surface area (Å²) in [5, 5.41) is 4.91. The van der Waals surface area contributed by atoms with Crippen molar-refractivity contribution in [2.45, 2.75) is 18.1 Å². The van der Waals surface area contributed by atoms with Gasteiger partial charge in [-0.2, -0.15) is 0 Å². The van der Waals surface area contributed by atoms with E-state index < -0.39 is 0 Å². The molecule has 3 rings (SSSR count). The van der Waals surface area contributed by atoms with Crippen LogP contribution in [0.2, 0.25) is 5.02 Å². The van der Waals surface area contributed by atoms with Crippen molar-refractivity contribution in [1.29, 1.82) is 0 Å². The molecule has 0 radical (unpaired) electrons. The van der Waals surface area contributed by atoms with E-state index in [-0.39, 0.29) is 22.3 Å². The third kappa shape index (κ3) is 5.02. The number of nitrogens with two attached hydrogens (primary N) is 1. The van der Waals surface area contributed by atoms with Gasteiger partial charge in [0.15, 0.2) is 0 Å². The number of thioether (sulfide) groups is 1. The van der Waals surface area contributed by atoms with Crippen LogP contribution in [0.1, 0.15) is 21.5 Å². The molecule has 0 saturated carbocycles. The third-order valence-corrected chi connectivity index (χ3v) is 5.39. The van der Waals surface area contributed by atoms with Gasteiger partial charge in [0.05, 0.1) is 10.8 Å². The molecule has 0 aliphatic carbocycles. The Morgan fingerprint density at radius 2 is 1.85 bits per heavy atom. The molecule has 8 heteroatoms. The van der Waals surface area contributed by atoms with Crippen LogP contribution in [-0.2, 0) is 17.6 Å². The minimum absolute atomic E-state index is 0.239. The minimum Gasteiger partial charge on any atom is -0.398 e. The Labute approximate surface area is 165 Å². The van der Waals surface area contributed by atoms with Crippen molar-refractivity contribution in [1.82, 2.24) is 10.6 Å². The number of carbonyl (C=O) groups is 3. The maximum absolute atomic E-state index is 12.2. The molecule has 0 spiro atoms. The molecule has 1 heterocycles. The molecule has 2 aromatic carbocycles. The van der Waals surface area contributed by atoms with Gasteiger partial charge in [-0.25, -0.2) is 0 Å². The zero-order valence-corrected chi connectivity index (χ0v) is 15.9. The molecule has 4 N–H and O–H groups in total. The van der Waals surface area contributed by atoms with Crippen LogP contribution >= 0.6 is 23.4 Å². The van der Waals surface area contributed by atoms with Crippen molar-refractivity contribution in [3.63, 3.8) is 0 Å². The van der Waals surface area contributed by atoms with Gasteiger partial charge in [-0.3, -0.25) is 19.7 Å². The summed E-state index contributed by atoms with van der Waals surface area (Å²) in [6, 6.07) is 12.6. The van der Waals surface area contributed by atoms with E-state index >= 15 is 0 Å². The summed E-state index contributed by atoms with van der Waals surface area (Å²) in [6.45, 7) is 0.458. The molecule has 0 unspecified atom stereocenters. The van der Waals surface area contributed by atoms with Crippen LogP contribution in [0.3, 0.4) is 0 Å². The molecule has 2 aromatic rings. The highest BCUT2D eigenvalue weighted by Gasteiger charge is 2.31. The molecular weight excluding hydrogens is 386 g/mol. The Hall–Kier alpha value is -2.51. The number of benzene rings is 2. The topological polar surface area (TPSA) is 101 Å². The Morgan fingerprint density at radius 1 is 1.15 bits per heavy atom. The summed E-state index contributed by atoms with van der Waals surface area (Å²) < 4.78 is 0. The molecule has 0 aromatic heterocycles. The largest absolute Gasteiger partial charge is 0.398 e. The van der Waals surface area contributed by atoms with Crippen molar-refractivity contribution >= 4 is 46.1 Å². The van der Waals surface area contributed by atoms with Crippen LogP contribution in [0, 0.1) is 0 Å². The first-order valence-corrected chi connectivity index (χ1v) is 9.60. The Morgan fingerprint density at radius 3 is 2.52 bits per heavy atom. The maximum atomic E-state index is 12.2. The van der Waals surface area contributed by atoms with Gasteiger partial charge in [0, 0.05) is 17.3 Å². The van der Waals surface area contributed by atoms with E-state index in [4.69, 9.17) is 17.3 Å². The number of hydrogen-bond donors (Lipinski definition) is 3. The lowest BCUT2D eigenvalue weighted by atomic mass is 10.1. The second-order valence-electron chi connectivity index (χ2n) is 6.14. The van der Waals surface area contributed by atoms with Crippen molar-refractivity contribution < 1.29 is 14.4 Å². The second kappa shape index (κ2) is 8.45. The first kappa shape index (κ1) is 19.3. The van der Waals surface area contributed by atoms with Crippen LogP contribution < -0.4 is 16.4 Å². The Bertz CT molecular complexity index is 886. The number of halogens is 1. The van der Waals surface area contributed by atoms with Gasteiger partial charge in [0.1, 0.15) is 0 Å². The molecular formula is C19H18ClN3O3S. The molecule has 6 nitrogen and oxygen atoms in total. The monoisotopic (exact) mass is 403 g/mol. The molecule has 1 aliphatic heterocycles. The van der Waals surface area contributed by atoms with Gasteiger partial charge < -0.3 is 11.1 Å². The van der Waals surface area contributed by atoms with Crippen molar-refractivity contribution in [2.75, 3.05) is 12.3 Å². The van der Waals surface area contributed by atoms with Crippen LogP contribution in [0.15, 0.2) is 42.5 Å². The van der Waals surface area contributed by atoms with Crippen LogP contribution in [0.4, 0.5) is 10.5 Å². The summed E-state index contributed by atoms with van der Waals surface area (Å²) in [7, 11) is 0. The molecule has 3 amide bonds. The fourth-order valence-electron chi connectivity index (χ4n) is 2.72. The number of nitrogen functional groups attached to an aromatic ring is 1. The Kier molecular flexibility index (Phi) is 6.03. The second-order valence-corrected chi connectivity index (χ2v) is 7.75. The SMILES string of the molecule is Nc1ccc(Cl)cc1C(=O)NCCc1ccc(C[C@H]2SC(=O)NC2=O)cc1. The minimum atomic E-state index is -0.370. The molecule has 140 valence electrons. The van der Waals surface area contributed by atoms with Gasteiger partial charge in [0.25, 0.3) is 11.1 Å². The van der Waals surface area contributed by atoms with E-state index in [2.05, 4.69) is 10.6 Å². The molecule has 1 saturated heterocycles. The zero-order valence-electron chi connectivity index (χ0n) is 14.3. The fourth-order valence-corrected chi connectivity index (χ4v) is 3.76. The molecule has 1 atom stereocenters. The molecule has 1 aliphatic rings. The summed E-state index contributed by atoms with van der Waals surface area (Å²) >= 11 is 6.93. The predicted octanol–water partition coefficient (Wildman–Crippen LogP) is 2.79. The number of nitrogens with one attached hydrogen (secondary N) is 2. The van der Waals surface area contributed by atoms with Gasteiger partial charge in [-0.15, -0.1) is 0 Å². The average molecular weight is 404 g/mol. The van der Waals surface area contributed by atoms with Gasteiger partial charge >= 0.3 is 0 Å².